The molecule has 28 heavy (non-hydrogen) atoms. The van der Waals surface area contributed by atoms with E-state index in [-0.39, 0.29) is 24.0 Å². The lowest BCUT2D eigenvalue weighted by atomic mass is 10.1. The molecule has 0 saturated heterocycles. The molecule has 0 amide bonds. The molecule has 0 spiro atoms. The molecule has 0 fully saturated rings. The lowest BCUT2D eigenvalue weighted by Gasteiger charge is -2.26. The van der Waals surface area contributed by atoms with Gasteiger partial charge in [-0.1, -0.05) is 48.5 Å². The number of likely N-dealkylation sites (N-methyl/N-ethyl adjacent to an activating group) is 1. The van der Waals surface area contributed by atoms with Gasteiger partial charge in [-0.2, -0.15) is 0 Å². The SMILES string of the molecule is CCOc1ccccc1CNC(=NC)NCC(Cc1ccccc1)N(C)C.I. The molecule has 2 rings (SSSR count). The summed E-state index contributed by atoms with van der Waals surface area (Å²) < 4.78 is 5.69. The van der Waals surface area contributed by atoms with E-state index in [0.29, 0.717) is 19.2 Å². The molecule has 0 aliphatic heterocycles. The van der Waals surface area contributed by atoms with Gasteiger partial charge >= 0.3 is 0 Å². The predicted molar refractivity (Wildman–Crippen MR) is 129 cm³/mol. The van der Waals surface area contributed by atoms with Crippen molar-refractivity contribution in [1.29, 1.82) is 0 Å². The van der Waals surface area contributed by atoms with E-state index in [1.807, 2.05) is 25.1 Å². The largest absolute Gasteiger partial charge is 0.494 e. The summed E-state index contributed by atoms with van der Waals surface area (Å²) in [4.78, 5) is 6.60. The van der Waals surface area contributed by atoms with Crippen molar-refractivity contribution in [2.75, 3.05) is 34.3 Å². The van der Waals surface area contributed by atoms with Crippen molar-refractivity contribution in [3.8, 4) is 5.75 Å². The highest BCUT2D eigenvalue weighted by Crippen LogP contribution is 2.17. The van der Waals surface area contributed by atoms with Crippen molar-refractivity contribution >= 4 is 29.9 Å². The number of ether oxygens (including phenoxy) is 1. The number of para-hydroxylation sites is 1. The minimum atomic E-state index is 0. The monoisotopic (exact) mass is 496 g/mol. The quantitative estimate of drug-likeness (QED) is 0.317. The third-order valence-corrected chi connectivity index (χ3v) is 4.49. The topological polar surface area (TPSA) is 48.9 Å². The van der Waals surface area contributed by atoms with Gasteiger partial charge in [0.25, 0.3) is 0 Å². The Kier molecular flexibility index (Phi) is 11.6. The number of halogens is 1. The van der Waals surface area contributed by atoms with Crippen LogP contribution in [0.5, 0.6) is 5.75 Å². The average Bonchev–Trinajstić information content (AvgIpc) is 2.69. The fourth-order valence-corrected chi connectivity index (χ4v) is 2.88. The van der Waals surface area contributed by atoms with Crippen LogP contribution in [0.25, 0.3) is 0 Å². The Bertz CT molecular complexity index is 707. The highest BCUT2D eigenvalue weighted by molar-refractivity contribution is 14.0. The highest BCUT2D eigenvalue weighted by Gasteiger charge is 2.13. The number of hydrogen-bond donors (Lipinski definition) is 2. The van der Waals surface area contributed by atoms with Crippen LogP contribution in [0.1, 0.15) is 18.1 Å². The number of nitrogens with one attached hydrogen (secondary N) is 2. The molecule has 6 heteroatoms. The Morgan fingerprint density at radius 2 is 1.71 bits per heavy atom. The Morgan fingerprint density at radius 3 is 2.36 bits per heavy atom. The second kappa shape index (κ2) is 13.4. The first-order valence-corrected chi connectivity index (χ1v) is 9.49. The Balaban J connectivity index is 0.00000392. The Labute approximate surface area is 186 Å². The summed E-state index contributed by atoms with van der Waals surface area (Å²) in [5, 5.41) is 6.83. The van der Waals surface area contributed by atoms with Crippen molar-refractivity contribution in [2.45, 2.75) is 25.9 Å². The molecule has 0 aliphatic rings. The molecular formula is C22H33IN4O. The molecule has 0 bridgehead atoms. The number of rotatable bonds is 9. The normalized spacial score (nSPS) is 12.2. The Hall–Kier alpha value is -1.80. The molecule has 1 unspecified atom stereocenters. The van der Waals surface area contributed by atoms with E-state index in [2.05, 4.69) is 71.0 Å². The van der Waals surface area contributed by atoms with Crippen LogP contribution >= 0.6 is 24.0 Å². The van der Waals surface area contributed by atoms with Crippen molar-refractivity contribution in [1.82, 2.24) is 15.5 Å². The van der Waals surface area contributed by atoms with Crippen molar-refractivity contribution in [2.24, 2.45) is 4.99 Å². The van der Waals surface area contributed by atoms with Crippen LogP contribution in [0, 0.1) is 0 Å². The van der Waals surface area contributed by atoms with Gasteiger partial charge in [0.2, 0.25) is 0 Å². The predicted octanol–water partition coefficient (Wildman–Crippen LogP) is 3.54. The molecule has 154 valence electrons. The maximum atomic E-state index is 5.69. The maximum absolute atomic E-state index is 5.69. The van der Waals surface area contributed by atoms with E-state index < -0.39 is 0 Å². The lowest BCUT2D eigenvalue weighted by molar-refractivity contribution is 0.290. The zero-order chi connectivity index (χ0) is 19.5. The van der Waals surface area contributed by atoms with Crippen LogP contribution in [-0.4, -0.2) is 51.2 Å². The van der Waals surface area contributed by atoms with E-state index in [0.717, 1.165) is 30.2 Å². The molecule has 0 aromatic heterocycles. The molecule has 0 aliphatic carbocycles. The number of nitrogens with zero attached hydrogens (tertiary/aromatic N) is 2. The van der Waals surface area contributed by atoms with Crippen molar-refractivity contribution in [3.63, 3.8) is 0 Å². The fourth-order valence-electron chi connectivity index (χ4n) is 2.88. The third-order valence-electron chi connectivity index (χ3n) is 4.49. The van der Waals surface area contributed by atoms with Gasteiger partial charge in [0.1, 0.15) is 5.75 Å². The van der Waals surface area contributed by atoms with Gasteiger partial charge in [-0.15, -0.1) is 24.0 Å². The molecule has 2 N–H and O–H groups in total. The van der Waals surface area contributed by atoms with Crippen molar-refractivity contribution < 1.29 is 4.74 Å². The van der Waals surface area contributed by atoms with Gasteiger partial charge in [0, 0.05) is 31.7 Å². The van der Waals surface area contributed by atoms with Crippen LogP contribution in [0.15, 0.2) is 59.6 Å². The van der Waals surface area contributed by atoms with Gasteiger partial charge in [-0.25, -0.2) is 0 Å². The minimum absolute atomic E-state index is 0. The van der Waals surface area contributed by atoms with E-state index >= 15 is 0 Å². The summed E-state index contributed by atoms with van der Waals surface area (Å²) in [5.41, 5.74) is 2.46. The van der Waals surface area contributed by atoms with Gasteiger partial charge in [0.15, 0.2) is 5.96 Å². The summed E-state index contributed by atoms with van der Waals surface area (Å²) in [6, 6.07) is 19.0. The van der Waals surface area contributed by atoms with Crippen LogP contribution in [0.3, 0.4) is 0 Å². The van der Waals surface area contributed by atoms with Crippen LogP contribution in [0.4, 0.5) is 0 Å². The standard InChI is InChI=1S/C22H32N4O.HI/c1-5-27-21-14-10-9-13-19(21)16-24-22(23-2)25-17-20(26(3)4)15-18-11-7-6-8-12-18;/h6-14,20H,5,15-17H2,1-4H3,(H2,23,24,25);1H. The maximum Gasteiger partial charge on any atom is 0.191 e. The molecule has 2 aromatic carbocycles. The molecule has 5 nitrogen and oxygen atoms in total. The van der Waals surface area contributed by atoms with Gasteiger partial charge in [-0.3, -0.25) is 4.99 Å². The number of benzene rings is 2. The van der Waals surface area contributed by atoms with Crippen molar-refractivity contribution in [3.05, 3.63) is 65.7 Å². The van der Waals surface area contributed by atoms with E-state index in [1.165, 1.54) is 5.56 Å². The summed E-state index contributed by atoms with van der Waals surface area (Å²) in [6.07, 6.45) is 0.991. The minimum Gasteiger partial charge on any atom is -0.494 e. The molecule has 2 aromatic rings. The smallest absolute Gasteiger partial charge is 0.191 e. The summed E-state index contributed by atoms with van der Waals surface area (Å²) in [7, 11) is 6.03. The van der Waals surface area contributed by atoms with E-state index in [4.69, 9.17) is 4.74 Å². The highest BCUT2D eigenvalue weighted by atomic mass is 127. The van der Waals surface area contributed by atoms with Crippen LogP contribution in [-0.2, 0) is 13.0 Å². The number of hydrogen-bond acceptors (Lipinski definition) is 3. The second-order valence-electron chi connectivity index (χ2n) is 6.65. The van der Waals surface area contributed by atoms with Gasteiger partial charge in [-0.05, 0) is 39.1 Å². The molecule has 0 heterocycles. The third kappa shape index (κ3) is 8.06. The summed E-state index contributed by atoms with van der Waals surface area (Å²) >= 11 is 0. The first kappa shape index (κ1) is 24.2. The fraction of sp³-hybridized carbons (Fsp3) is 0.409. The van der Waals surface area contributed by atoms with Gasteiger partial charge < -0.3 is 20.3 Å². The zero-order valence-corrected chi connectivity index (χ0v) is 19.6. The summed E-state index contributed by atoms with van der Waals surface area (Å²) in [5.74, 6) is 1.71. The Morgan fingerprint density at radius 1 is 1.04 bits per heavy atom. The van der Waals surface area contributed by atoms with E-state index in [9.17, 15) is 0 Å². The van der Waals surface area contributed by atoms with E-state index in [1.54, 1.807) is 7.05 Å². The molecule has 0 saturated carbocycles. The average molecular weight is 496 g/mol. The van der Waals surface area contributed by atoms with Crippen LogP contribution < -0.4 is 15.4 Å². The summed E-state index contributed by atoms with van der Waals surface area (Å²) in [6.45, 7) is 4.14. The first-order chi connectivity index (χ1) is 13.1. The second-order valence-corrected chi connectivity index (χ2v) is 6.65. The molecule has 0 radical (unpaired) electrons. The zero-order valence-electron chi connectivity index (χ0n) is 17.3. The van der Waals surface area contributed by atoms with Gasteiger partial charge in [0.05, 0.1) is 6.61 Å². The molecule has 1 atom stereocenters. The number of aliphatic imine (C=N–C) groups is 1. The first-order valence-electron chi connectivity index (χ1n) is 9.49. The van der Waals surface area contributed by atoms with Crippen LogP contribution in [0.2, 0.25) is 0 Å². The number of guanidine groups is 1. The lowest BCUT2D eigenvalue weighted by Crippen LogP contribution is -2.45. The molecular weight excluding hydrogens is 463 g/mol.